The molecule has 2 heteroatoms. The van der Waals surface area contributed by atoms with E-state index in [1.54, 1.807) is 11.8 Å². The van der Waals surface area contributed by atoms with Crippen LogP contribution in [-0.2, 0) is 0 Å². The zero-order chi connectivity index (χ0) is 17.8. The van der Waals surface area contributed by atoms with E-state index in [0.717, 1.165) is 51.3 Å². The van der Waals surface area contributed by atoms with Gasteiger partial charge in [0.15, 0.2) is 0 Å². The molecule has 0 aromatic heterocycles. The summed E-state index contributed by atoms with van der Waals surface area (Å²) in [5.41, 5.74) is 6.53. The lowest BCUT2D eigenvalue weighted by atomic mass is 9.88. The molecule has 0 saturated heterocycles. The van der Waals surface area contributed by atoms with Crippen LogP contribution in [0.3, 0.4) is 0 Å². The molecule has 1 aromatic rings. The second-order valence-electron chi connectivity index (χ2n) is 6.17. The van der Waals surface area contributed by atoms with E-state index in [9.17, 15) is 0 Å². The van der Waals surface area contributed by atoms with Crippen LogP contribution in [0.25, 0.3) is 11.1 Å². The Hall–Kier alpha value is -2.45. The molecule has 3 rings (SSSR count). The maximum Gasteiger partial charge on any atom is 0.0873 e. The summed E-state index contributed by atoms with van der Waals surface area (Å²) >= 11 is 1.73. The Labute approximate surface area is 155 Å². The number of allylic oxidation sites excluding steroid dienone is 8. The normalized spacial score (nSPS) is 25.2. The van der Waals surface area contributed by atoms with Crippen molar-refractivity contribution in [2.45, 2.75) is 12.8 Å². The van der Waals surface area contributed by atoms with Gasteiger partial charge in [0.25, 0.3) is 0 Å². The molecule has 2 aliphatic rings. The predicted octanol–water partition coefficient (Wildman–Crippen LogP) is 6.54. The monoisotopic (exact) mass is 345 g/mol. The van der Waals surface area contributed by atoms with Crippen LogP contribution in [0.15, 0.2) is 96.1 Å². The minimum Gasteiger partial charge on any atom is -0.345 e. The highest BCUT2D eigenvalue weighted by Crippen LogP contribution is 2.40. The number of hydrogen-bond donors (Lipinski definition) is 0. The summed E-state index contributed by atoms with van der Waals surface area (Å²) in [6.45, 7) is 12.9. The zero-order valence-electron chi connectivity index (χ0n) is 14.7. The van der Waals surface area contributed by atoms with Gasteiger partial charge in [0.1, 0.15) is 0 Å². The lowest BCUT2D eigenvalue weighted by Crippen LogP contribution is -2.12. The van der Waals surface area contributed by atoms with Gasteiger partial charge >= 0.3 is 0 Å². The predicted molar refractivity (Wildman–Crippen MR) is 113 cm³/mol. The summed E-state index contributed by atoms with van der Waals surface area (Å²) in [6, 6.07) is 8.43. The molecule has 0 N–H and O–H groups in total. The minimum atomic E-state index is 0.922. The summed E-state index contributed by atoms with van der Waals surface area (Å²) < 4.78 is 0. The average molecular weight is 346 g/mol. The lowest BCUT2D eigenvalue weighted by Gasteiger charge is -2.25. The van der Waals surface area contributed by atoms with E-state index < -0.39 is 0 Å². The largest absolute Gasteiger partial charge is 0.345 e. The van der Waals surface area contributed by atoms with Gasteiger partial charge in [-0.3, -0.25) is 0 Å². The zero-order valence-corrected chi connectivity index (χ0v) is 15.5. The fraction of sp³-hybridized carbons (Fsp3) is 0.130. The molecule has 0 bridgehead atoms. The number of hydrogen-bond acceptors (Lipinski definition) is 2. The molecule has 0 aliphatic carbocycles. The Balaban J connectivity index is 2.31. The Morgan fingerprint density at radius 1 is 1.04 bits per heavy atom. The SMILES string of the molecule is C=C1CC/C=C\S/C2=C(/C(=C)/C=C\C=C/N2C)c2ccccc2C1=C. The van der Waals surface area contributed by atoms with Crippen LogP contribution in [0.1, 0.15) is 24.0 Å². The second kappa shape index (κ2) is 7.62. The number of rotatable bonds is 0. The summed E-state index contributed by atoms with van der Waals surface area (Å²) in [4.78, 5) is 2.16. The first-order chi connectivity index (χ1) is 12.1. The molecule has 1 nitrogen and oxygen atoms in total. The van der Waals surface area contributed by atoms with Crippen molar-refractivity contribution >= 4 is 22.9 Å². The molecule has 0 radical (unpaired) electrons. The van der Waals surface area contributed by atoms with E-state index in [-0.39, 0.29) is 0 Å². The van der Waals surface area contributed by atoms with Crippen molar-refractivity contribution in [2.75, 3.05) is 7.05 Å². The first kappa shape index (κ1) is 17.4. The summed E-state index contributed by atoms with van der Waals surface area (Å²) in [7, 11) is 2.08. The average Bonchev–Trinajstić information content (AvgIpc) is 2.63. The van der Waals surface area contributed by atoms with E-state index in [0.29, 0.717) is 0 Å². The fourth-order valence-electron chi connectivity index (χ4n) is 2.99. The molecular formula is C23H23NS. The van der Waals surface area contributed by atoms with E-state index >= 15 is 0 Å². The summed E-state index contributed by atoms with van der Waals surface area (Å²) in [5, 5.41) is 3.33. The van der Waals surface area contributed by atoms with Gasteiger partial charge in [-0.25, -0.2) is 0 Å². The maximum atomic E-state index is 4.34. The van der Waals surface area contributed by atoms with Crippen molar-refractivity contribution in [2.24, 2.45) is 0 Å². The van der Waals surface area contributed by atoms with Gasteiger partial charge in [-0.15, -0.1) is 0 Å². The van der Waals surface area contributed by atoms with Crippen LogP contribution in [0, 0.1) is 0 Å². The van der Waals surface area contributed by atoms with E-state index in [2.05, 4.69) is 79.7 Å². The van der Waals surface area contributed by atoms with Crippen molar-refractivity contribution in [3.8, 4) is 0 Å². The second-order valence-corrected chi connectivity index (χ2v) is 7.07. The quantitative estimate of drug-likeness (QED) is 0.525. The van der Waals surface area contributed by atoms with Gasteiger partial charge in [0.05, 0.1) is 5.03 Å². The van der Waals surface area contributed by atoms with Gasteiger partial charge < -0.3 is 4.90 Å². The Morgan fingerprint density at radius 3 is 2.60 bits per heavy atom. The Bertz CT molecular complexity index is 849. The molecule has 1 aromatic carbocycles. The lowest BCUT2D eigenvalue weighted by molar-refractivity contribution is 0.613. The first-order valence-electron chi connectivity index (χ1n) is 8.39. The van der Waals surface area contributed by atoms with Gasteiger partial charge in [-0.2, -0.15) is 0 Å². The van der Waals surface area contributed by atoms with Crippen LogP contribution in [0.2, 0.25) is 0 Å². The minimum absolute atomic E-state index is 0.922. The molecule has 0 unspecified atom stereocenters. The number of fused-ring (bicyclic) bond motifs is 2. The standard InChI is InChI=1S/C23H23NS/c1-17-11-8-10-16-25-23-22(18(2)12-7-9-15-24(23)4)21-14-6-5-13-20(21)19(17)3/h5-7,9-10,12-16H,1-3,8,11H2,4H3/b12-7-,15-9-,16-10-,23-22-. The van der Waals surface area contributed by atoms with Crippen molar-refractivity contribution in [3.05, 3.63) is 107 Å². The molecule has 25 heavy (non-hydrogen) atoms. The Kier molecular flexibility index (Phi) is 5.30. The number of nitrogens with zero attached hydrogens (tertiary/aromatic N) is 1. The van der Waals surface area contributed by atoms with Crippen molar-refractivity contribution < 1.29 is 0 Å². The Morgan fingerprint density at radius 2 is 1.80 bits per heavy atom. The molecule has 0 saturated carbocycles. The first-order valence-corrected chi connectivity index (χ1v) is 9.27. The highest BCUT2D eigenvalue weighted by Gasteiger charge is 2.20. The maximum absolute atomic E-state index is 4.34. The third kappa shape index (κ3) is 3.64. The summed E-state index contributed by atoms with van der Waals surface area (Å²) in [5.74, 6) is 0. The topological polar surface area (TPSA) is 3.24 Å². The van der Waals surface area contributed by atoms with E-state index in [1.807, 2.05) is 12.2 Å². The third-order valence-electron chi connectivity index (χ3n) is 4.41. The molecule has 126 valence electrons. The van der Waals surface area contributed by atoms with Crippen LogP contribution in [0.5, 0.6) is 0 Å². The van der Waals surface area contributed by atoms with Crippen LogP contribution in [-0.4, -0.2) is 11.9 Å². The van der Waals surface area contributed by atoms with E-state index in [4.69, 9.17) is 0 Å². The van der Waals surface area contributed by atoms with Crippen molar-refractivity contribution in [3.63, 3.8) is 0 Å². The molecule has 2 heterocycles. The summed E-state index contributed by atoms with van der Waals surface area (Å²) in [6.07, 6.45) is 12.3. The van der Waals surface area contributed by atoms with Crippen LogP contribution >= 0.6 is 11.8 Å². The molecule has 0 atom stereocenters. The fourth-order valence-corrected chi connectivity index (χ4v) is 3.94. The molecule has 0 spiro atoms. The number of thioether (sulfide) groups is 1. The van der Waals surface area contributed by atoms with Crippen LogP contribution < -0.4 is 0 Å². The highest BCUT2D eigenvalue weighted by molar-refractivity contribution is 8.05. The molecule has 0 amide bonds. The van der Waals surface area contributed by atoms with Gasteiger partial charge in [-0.1, -0.05) is 74.0 Å². The van der Waals surface area contributed by atoms with Gasteiger partial charge in [0, 0.05) is 18.8 Å². The van der Waals surface area contributed by atoms with Crippen molar-refractivity contribution in [1.82, 2.24) is 4.90 Å². The highest BCUT2D eigenvalue weighted by atomic mass is 32.2. The van der Waals surface area contributed by atoms with Crippen molar-refractivity contribution in [1.29, 1.82) is 0 Å². The van der Waals surface area contributed by atoms with Gasteiger partial charge in [0.2, 0.25) is 0 Å². The number of benzene rings is 1. The molecular weight excluding hydrogens is 322 g/mol. The van der Waals surface area contributed by atoms with Gasteiger partial charge in [-0.05, 0) is 52.2 Å². The third-order valence-corrected chi connectivity index (χ3v) is 5.45. The van der Waals surface area contributed by atoms with E-state index in [1.165, 1.54) is 0 Å². The van der Waals surface area contributed by atoms with Crippen LogP contribution in [0.4, 0.5) is 0 Å². The smallest absolute Gasteiger partial charge is 0.0873 e. The molecule has 0 fully saturated rings. The molecule has 2 aliphatic heterocycles.